The monoisotopic (exact) mass is 447 g/mol. The summed E-state index contributed by atoms with van der Waals surface area (Å²) in [6.45, 7) is 2.08. The summed E-state index contributed by atoms with van der Waals surface area (Å²) >= 11 is 0. The fraction of sp³-hybridized carbons (Fsp3) is 0.143. The van der Waals surface area contributed by atoms with Crippen LogP contribution in [0.5, 0.6) is 0 Å². The van der Waals surface area contributed by atoms with E-state index >= 15 is 0 Å². The van der Waals surface area contributed by atoms with Crippen LogP contribution in [0.2, 0.25) is 0 Å². The first-order valence-corrected chi connectivity index (χ1v) is 11.2. The topological polar surface area (TPSA) is 70.6 Å². The Balaban J connectivity index is 1.57. The van der Waals surface area contributed by atoms with Crippen LogP contribution in [0.15, 0.2) is 85.1 Å². The number of fused-ring (bicyclic) bond motifs is 3. The van der Waals surface area contributed by atoms with Crippen LogP contribution in [0, 0.1) is 6.92 Å². The van der Waals surface area contributed by atoms with Crippen LogP contribution in [0.4, 0.5) is 5.69 Å². The van der Waals surface area contributed by atoms with Gasteiger partial charge in [0.15, 0.2) is 5.54 Å². The van der Waals surface area contributed by atoms with Gasteiger partial charge < -0.3 is 0 Å². The summed E-state index contributed by atoms with van der Waals surface area (Å²) in [5, 5.41) is 0.855. The summed E-state index contributed by atoms with van der Waals surface area (Å²) in [4.78, 5) is 48.7. The highest BCUT2D eigenvalue weighted by atomic mass is 16.2. The van der Waals surface area contributed by atoms with Crippen LogP contribution in [-0.2, 0) is 21.7 Å². The lowest BCUT2D eigenvalue weighted by molar-refractivity contribution is -0.140. The van der Waals surface area contributed by atoms with E-state index in [9.17, 15) is 14.4 Å². The zero-order valence-electron chi connectivity index (χ0n) is 18.6. The number of rotatable bonds is 3. The number of anilines is 1. The molecule has 1 saturated heterocycles. The molecule has 0 unspecified atom stereocenters. The Morgan fingerprint density at radius 1 is 0.912 bits per heavy atom. The first kappa shape index (κ1) is 20.3. The minimum absolute atomic E-state index is 0.107. The Morgan fingerprint density at radius 3 is 2.53 bits per heavy atom. The van der Waals surface area contributed by atoms with Gasteiger partial charge in [-0.2, -0.15) is 0 Å². The number of aryl methyl sites for hydroxylation is 1. The molecule has 1 spiro atoms. The SMILES string of the molecule is Cc1ccc2c(c1)[C@]1(CC(=O)N(Cc3ccccc3)C1=O)N(c1cccc3cccnc13)C2=O. The van der Waals surface area contributed by atoms with Gasteiger partial charge in [-0.25, -0.2) is 0 Å². The van der Waals surface area contributed by atoms with Gasteiger partial charge in [-0.15, -0.1) is 0 Å². The third-order valence-electron chi connectivity index (χ3n) is 6.78. The molecule has 1 atom stereocenters. The molecule has 1 fully saturated rings. The maximum Gasteiger partial charge on any atom is 0.261 e. The van der Waals surface area contributed by atoms with Crippen LogP contribution in [0.1, 0.15) is 33.5 Å². The number of likely N-dealkylation sites (tertiary alicyclic amines) is 1. The number of benzene rings is 3. The van der Waals surface area contributed by atoms with E-state index in [1.165, 1.54) is 9.80 Å². The molecule has 4 aromatic rings. The van der Waals surface area contributed by atoms with Crippen molar-refractivity contribution >= 4 is 34.3 Å². The number of imide groups is 1. The predicted octanol–water partition coefficient (Wildman–Crippen LogP) is 4.36. The molecular formula is C28H21N3O3. The summed E-state index contributed by atoms with van der Waals surface area (Å²) in [7, 11) is 0. The van der Waals surface area contributed by atoms with Crippen molar-refractivity contribution in [3.63, 3.8) is 0 Å². The van der Waals surface area contributed by atoms with Crippen molar-refractivity contribution < 1.29 is 14.4 Å². The Bertz CT molecular complexity index is 1490. The lowest BCUT2D eigenvalue weighted by atomic mass is 9.86. The maximum atomic E-state index is 14.2. The van der Waals surface area contributed by atoms with E-state index in [-0.39, 0.29) is 30.7 Å². The van der Waals surface area contributed by atoms with Crippen LogP contribution >= 0.6 is 0 Å². The number of para-hydroxylation sites is 1. The summed E-state index contributed by atoms with van der Waals surface area (Å²) in [5.41, 5.74) is 2.51. The molecule has 0 bridgehead atoms. The second-order valence-corrected chi connectivity index (χ2v) is 8.85. The van der Waals surface area contributed by atoms with Crippen molar-refractivity contribution in [2.24, 2.45) is 0 Å². The highest BCUT2D eigenvalue weighted by Gasteiger charge is 2.63. The quantitative estimate of drug-likeness (QED) is 0.438. The van der Waals surface area contributed by atoms with Gasteiger partial charge in [0, 0.05) is 22.7 Å². The zero-order valence-corrected chi connectivity index (χ0v) is 18.6. The molecule has 1 aromatic heterocycles. The summed E-state index contributed by atoms with van der Waals surface area (Å²) in [6.07, 6.45) is 1.56. The van der Waals surface area contributed by atoms with Crippen LogP contribution in [0.25, 0.3) is 10.9 Å². The molecule has 3 aromatic carbocycles. The Kier molecular flexibility index (Phi) is 4.39. The van der Waals surface area contributed by atoms with E-state index in [1.807, 2.05) is 73.7 Å². The average Bonchev–Trinajstić information content (AvgIpc) is 3.24. The van der Waals surface area contributed by atoms with Gasteiger partial charge in [0.25, 0.3) is 11.8 Å². The number of aromatic nitrogens is 1. The molecule has 0 saturated carbocycles. The van der Waals surface area contributed by atoms with E-state index in [0.29, 0.717) is 22.3 Å². The van der Waals surface area contributed by atoms with E-state index in [4.69, 9.17) is 0 Å². The molecule has 34 heavy (non-hydrogen) atoms. The molecule has 0 radical (unpaired) electrons. The van der Waals surface area contributed by atoms with Gasteiger partial charge in [-0.05, 0) is 30.7 Å². The molecule has 0 aliphatic carbocycles. The van der Waals surface area contributed by atoms with Crippen molar-refractivity contribution in [3.8, 4) is 0 Å². The second kappa shape index (κ2) is 7.35. The van der Waals surface area contributed by atoms with Gasteiger partial charge in [-0.3, -0.25) is 29.2 Å². The fourth-order valence-electron chi connectivity index (χ4n) is 5.22. The third-order valence-corrected chi connectivity index (χ3v) is 6.78. The average molecular weight is 447 g/mol. The number of nitrogens with zero attached hydrogens (tertiary/aromatic N) is 3. The van der Waals surface area contributed by atoms with Gasteiger partial charge in [0.1, 0.15) is 0 Å². The van der Waals surface area contributed by atoms with Crippen molar-refractivity contribution in [3.05, 3.63) is 107 Å². The number of carbonyl (C=O) groups is 3. The first-order chi connectivity index (χ1) is 16.5. The zero-order chi connectivity index (χ0) is 23.4. The van der Waals surface area contributed by atoms with E-state index < -0.39 is 5.54 Å². The number of hydrogen-bond donors (Lipinski definition) is 0. The normalized spacial score (nSPS) is 19.5. The van der Waals surface area contributed by atoms with Crippen molar-refractivity contribution in [2.75, 3.05) is 4.90 Å². The van der Waals surface area contributed by atoms with Gasteiger partial charge in [-0.1, -0.05) is 66.2 Å². The highest BCUT2D eigenvalue weighted by Crippen LogP contribution is 2.50. The molecular weight excluding hydrogens is 426 g/mol. The molecule has 2 aliphatic rings. The lowest BCUT2D eigenvalue weighted by Crippen LogP contribution is -2.50. The Hall–Kier alpha value is -4.32. The lowest BCUT2D eigenvalue weighted by Gasteiger charge is -2.34. The van der Waals surface area contributed by atoms with Crippen LogP contribution in [0.3, 0.4) is 0 Å². The molecule has 166 valence electrons. The number of hydrogen-bond acceptors (Lipinski definition) is 4. The number of carbonyl (C=O) groups excluding carboxylic acids is 3. The predicted molar refractivity (Wildman–Crippen MR) is 128 cm³/mol. The molecule has 3 amide bonds. The van der Waals surface area contributed by atoms with Gasteiger partial charge in [0.2, 0.25) is 5.91 Å². The Labute approximate surface area is 196 Å². The largest absolute Gasteiger partial charge is 0.286 e. The summed E-state index contributed by atoms with van der Waals surface area (Å²) < 4.78 is 0. The number of amides is 3. The van der Waals surface area contributed by atoms with E-state index in [1.54, 1.807) is 18.3 Å². The molecule has 0 N–H and O–H groups in total. The smallest absolute Gasteiger partial charge is 0.261 e. The molecule has 6 rings (SSSR count). The van der Waals surface area contributed by atoms with Gasteiger partial charge >= 0.3 is 0 Å². The Morgan fingerprint density at radius 2 is 1.71 bits per heavy atom. The van der Waals surface area contributed by atoms with Crippen molar-refractivity contribution in [1.82, 2.24) is 9.88 Å². The minimum Gasteiger partial charge on any atom is -0.286 e. The number of pyridine rings is 1. The maximum absolute atomic E-state index is 14.2. The molecule has 2 aliphatic heterocycles. The fourth-order valence-corrected chi connectivity index (χ4v) is 5.22. The summed E-state index contributed by atoms with van der Waals surface area (Å²) in [5.74, 6) is -0.975. The van der Waals surface area contributed by atoms with E-state index in [2.05, 4.69) is 4.98 Å². The minimum atomic E-state index is -1.43. The molecule has 6 nitrogen and oxygen atoms in total. The van der Waals surface area contributed by atoms with E-state index in [0.717, 1.165) is 16.5 Å². The summed E-state index contributed by atoms with van der Waals surface area (Å²) in [6, 6.07) is 24.2. The second-order valence-electron chi connectivity index (χ2n) is 8.85. The molecule has 3 heterocycles. The highest BCUT2D eigenvalue weighted by molar-refractivity contribution is 6.24. The molecule has 6 heteroatoms. The standard InChI is InChI=1S/C28H21N3O3/c1-18-12-13-21-22(15-18)28(16-24(32)30(27(28)34)17-19-7-3-2-4-8-19)31(26(21)33)23-11-5-9-20-10-6-14-29-25(20)23/h2-15H,16-17H2,1H3/t28-/m0/s1. The van der Waals surface area contributed by atoms with Crippen molar-refractivity contribution in [2.45, 2.75) is 25.4 Å². The third kappa shape index (κ3) is 2.75. The van der Waals surface area contributed by atoms with Gasteiger partial charge in [0.05, 0.1) is 24.2 Å². The van der Waals surface area contributed by atoms with Crippen molar-refractivity contribution in [1.29, 1.82) is 0 Å². The first-order valence-electron chi connectivity index (χ1n) is 11.2. The van der Waals surface area contributed by atoms with Crippen LogP contribution in [-0.4, -0.2) is 27.6 Å². The van der Waals surface area contributed by atoms with Crippen LogP contribution < -0.4 is 4.90 Å².